The predicted molar refractivity (Wildman–Crippen MR) is 97.3 cm³/mol. The Morgan fingerprint density at radius 2 is 2.00 bits per heavy atom. The summed E-state index contributed by atoms with van der Waals surface area (Å²) in [7, 11) is 0. The summed E-state index contributed by atoms with van der Waals surface area (Å²) in [6.07, 6.45) is 0.862. The third-order valence-corrected chi connectivity index (χ3v) is 4.88. The number of hydrogen-bond acceptors (Lipinski definition) is 3. The van der Waals surface area contributed by atoms with E-state index in [1.807, 2.05) is 43.3 Å². The van der Waals surface area contributed by atoms with E-state index in [1.165, 1.54) is 11.3 Å². The number of carbonyl (C=O) groups excluding carboxylic acids is 2. The van der Waals surface area contributed by atoms with E-state index in [1.54, 1.807) is 0 Å². The molecule has 3 amide bonds. The zero-order valence-electron chi connectivity index (χ0n) is 13.3. The molecule has 5 nitrogen and oxygen atoms in total. The summed E-state index contributed by atoms with van der Waals surface area (Å²) in [5, 5.41) is 5.51. The fraction of sp³-hybridized carbons (Fsp3) is 0.294. The number of carbonyl (C=O) groups is 2. The Morgan fingerprint density at radius 3 is 2.62 bits per heavy atom. The van der Waals surface area contributed by atoms with Gasteiger partial charge in [-0.25, -0.2) is 4.79 Å². The molecule has 0 aliphatic heterocycles. The Kier molecular flexibility index (Phi) is 6.63. The van der Waals surface area contributed by atoms with Crippen molar-refractivity contribution in [3.05, 3.63) is 56.7 Å². The molecule has 0 fully saturated rings. The molecule has 1 aromatic heterocycles. The van der Waals surface area contributed by atoms with E-state index in [-0.39, 0.29) is 12.3 Å². The van der Waals surface area contributed by atoms with Gasteiger partial charge < -0.3 is 16.4 Å². The second-order valence-corrected chi connectivity index (χ2v) is 7.23. The minimum absolute atomic E-state index is 0.138. The first-order chi connectivity index (χ1) is 11.5. The summed E-state index contributed by atoms with van der Waals surface area (Å²) in [4.78, 5) is 24.6. The van der Waals surface area contributed by atoms with Gasteiger partial charge in [0.15, 0.2) is 0 Å². The molecule has 0 radical (unpaired) electrons. The second kappa shape index (κ2) is 8.70. The Bertz CT molecular complexity index is 717. The van der Waals surface area contributed by atoms with E-state index in [2.05, 4.69) is 10.6 Å². The van der Waals surface area contributed by atoms with Gasteiger partial charge in [0.1, 0.15) is 0 Å². The van der Waals surface area contributed by atoms with E-state index < -0.39 is 12.1 Å². The average Bonchev–Trinajstić information content (AvgIpc) is 2.92. The summed E-state index contributed by atoms with van der Waals surface area (Å²) >= 11 is 7.38. The maximum absolute atomic E-state index is 12.2. The Morgan fingerprint density at radius 1 is 1.25 bits per heavy atom. The van der Waals surface area contributed by atoms with Crippen molar-refractivity contribution in [1.29, 1.82) is 0 Å². The number of urea groups is 1. The van der Waals surface area contributed by atoms with E-state index in [4.69, 9.17) is 17.3 Å². The van der Waals surface area contributed by atoms with Gasteiger partial charge in [-0.05, 0) is 36.6 Å². The zero-order valence-corrected chi connectivity index (χ0v) is 14.9. The van der Waals surface area contributed by atoms with Crippen molar-refractivity contribution in [2.75, 3.05) is 6.54 Å². The highest BCUT2D eigenvalue weighted by Crippen LogP contribution is 2.22. The van der Waals surface area contributed by atoms with Gasteiger partial charge in [0.25, 0.3) is 0 Å². The van der Waals surface area contributed by atoms with E-state index in [0.717, 1.165) is 26.8 Å². The van der Waals surface area contributed by atoms with Crippen LogP contribution in [0.25, 0.3) is 0 Å². The summed E-state index contributed by atoms with van der Waals surface area (Å²) in [6.45, 7) is 2.45. The molecule has 128 valence electrons. The molecule has 0 saturated carbocycles. The van der Waals surface area contributed by atoms with Crippen LogP contribution in [0.4, 0.5) is 4.79 Å². The molecule has 2 rings (SSSR count). The van der Waals surface area contributed by atoms with Gasteiger partial charge in [0.2, 0.25) is 5.91 Å². The number of primary amides is 1. The van der Waals surface area contributed by atoms with Gasteiger partial charge in [-0.1, -0.05) is 35.9 Å². The lowest BCUT2D eigenvalue weighted by Crippen LogP contribution is -2.37. The van der Waals surface area contributed by atoms with Crippen LogP contribution in [-0.2, 0) is 11.2 Å². The minimum Gasteiger partial charge on any atom is -0.356 e. The number of rotatable bonds is 7. The highest BCUT2D eigenvalue weighted by molar-refractivity contribution is 7.16. The molecule has 0 aliphatic carbocycles. The molecule has 0 saturated heterocycles. The van der Waals surface area contributed by atoms with Gasteiger partial charge in [-0.15, -0.1) is 11.3 Å². The van der Waals surface area contributed by atoms with Crippen molar-refractivity contribution in [2.24, 2.45) is 5.73 Å². The number of thiophene rings is 1. The average molecular weight is 366 g/mol. The van der Waals surface area contributed by atoms with Crippen molar-refractivity contribution >= 4 is 34.9 Å². The lowest BCUT2D eigenvalue weighted by atomic mass is 9.98. The smallest absolute Gasteiger partial charge is 0.312 e. The molecule has 1 heterocycles. The molecule has 24 heavy (non-hydrogen) atoms. The molecule has 1 unspecified atom stereocenters. The van der Waals surface area contributed by atoms with Crippen LogP contribution in [0.5, 0.6) is 0 Å². The zero-order chi connectivity index (χ0) is 17.5. The number of benzene rings is 1. The van der Waals surface area contributed by atoms with Crippen molar-refractivity contribution in [3.63, 3.8) is 0 Å². The van der Waals surface area contributed by atoms with Crippen LogP contribution >= 0.6 is 22.9 Å². The Hall–Kier alpha value is -2.05. The molecular weight excluding hydrogens is 346 g/mol. The number of aryl methyl sites for hydroxylation is 1. The molecule has 1 aromatic carbocycles. The fourth-order valence-electron chi connectivity index (χ4n) is 2.46. The fourth-order valence-corrected chi connectivity index (χ4v) is 3.54. The Labute approximate surface area is 150 Å². The van der Waals surface area contributed by atoms with Crippen molar-refractivity contribution < 1.29 is 9.59 Å². The topological polar surface area (TPSA) is 84.2 Å². The highest BCUT2D eigenvalue weighted by atomic mass is 35.5. The molecule has 2 aromatic rings. The quantitative estimate of drug-likeness (QED) is 0.704. The first-order valence-corrected chi connectivity index (χ1v) is 8.77. The maximum atomic E-state index is 12.2. The second-order valence-electron chi connectivity index (χ2n) is 5.43. The molecule has 1 atom stereocenters. The van der Waals surface area contributed by atoms with Crippen molar-refractivity contribution in [3.8, 4) is 0 Å². The van der Waals surface area contributed by atoms with Crippen LogP contribution in [-0.4, -0.2) is 18.5 Å². The molecule has 0 spiro atoms. The third kappa shape index (κ3) is 5.54. The summed E-state index contributed by atoms with van der Waals surface area (Å²) in [5.41, 5.74) is 7.13. The number of nitrogens with one attached hydrogen (secondary N) is 2. The monoisotopic (exact) mass is 365 g/mol. The SMILES string of the molecule is Cc1ccccc1C(CC(=O)NCCc1ccc(Cl)s1)NC(N)=O. The number of hydrogen-bond donors (Lipinski definition) is 3. The van der Waals surface area contributed by atoms with Crippen LogP contribution in [0.3, 0.4) is 0 Å². The molecule has 4 N–H and O–H groups in total. The Balaban J connectivity index is 1.92. The normalized spacial score (nSPS) is 11.8. The standard InChI is InChI=1S/C17H20ClN3O2S/c1-11-4-2-3-5-13(11)14(21-17(19)23)10-16(22)20-9-8-12-6-7-15(18)24-12/h2-7,14H,8-10H2,1H3,(H,20,22)(H3,19,21,23). The number of nitrogens with two attached hydrogens (primary N) is 1. The predicted octanol–water partition coefficient (Wildman–Crippen LogP) is 3.17. The van der Waals surface area contributed by atoms with Gasteiger partial charge >= 0.3 is 6.03 Å². The van der Waals surface area contributed by atoms with Gasteiger partial charge in [-0.3, -0.25) is 4.79 Å². The van der Waals surface area contributed by atoms with Gasteiger partial charge in [-0.2, -0.15) is 0 Å². The van der Waals surface area contributed by atoms with E-state index in [0.29, 0.717) is 6.54 Å². The summed E-state index contributed by atoms with van der Waals surface area (Å²) in [5.74, 6) is -0.139. The third-order valence-electron chi connectivity index (χ3n) is 3.59. The molecule has 0 aliphatic rings. The summed E-state index contributed by atoms with van der Waals surface area (Å²) < 4.78 is 0.738. The lowest BCUT2D eigenvalue weighted by Gasteiger charge is -2.19. The minimum atomic E-state index is -0.649. The van der Waals surface area contributed by atoms with E-state index >= 15 is 0 Å². The largest absolute Gasteiger partial charge is 0.356 e. The van der Waals surface area contributed by atoms with Crippen LogP contribution in [0.2, 0.25) is 4.34 Å². The maximum Gasteiger partial charge on any atom is 0.312 e. The van der Waals surface area contributed by atoms with Crippen molar-refractivity contribution in [1.82, 2.24) is 10.6 Å². The summed E-state index contributed by atoms with van der Waals surface area (Å²) in [6, 6.07) is 10.3. The first kappa shape index (κ1) is 18.3. The molecular formula is C17H20ClN3O2S. The lowest BCUT2D eigenvalue weighted by molar-refractivity contribution is -0.121. The molecule has 7 heteroatoms. The van der Waals surface area contributed by atoms with Crippen LogP contribution in [0.1, 0.15) is 28.5 Å². The van der Waals surface area contributed by atoms with Crippen LogP contribution < -0.4 is 16.4 Å². The van der Waals surface area contributed by atoms with E-state index in [9.17, 15) is 9.59 Å². The van der Waals surface area contributed by atoms with Crippen LogP contribution in [0, 0.1) is 6.92 Å². The van der Waals surface area contributed by atoms with Crippen LogP contribution in [0.15, 0.2) is 36.4 Å². The first-order valence-electron chi connectivity index (χ1n) is 7.58. The van der Waals surface area contributed by atoms with Crippen molar-refractivity contribution in [2.45, 2.75) is 25.8 Å². The molecule has 0 bridgehead atoms. The van der Waals surface area contributed by atoms with Gasteiger partial charge in [0.05, 0.1) is 16.8 Å². The van der Waals surface area contributed by atoms with Gasteiger partial charge in [0, 0.05) is 11.4 Å². The number of halogens is 1. The highest BCUT2D eigenvalue weighted by Gasteiger charge is 2.18. The number of amides is 3.